The van der Waals surface area contributed by atoms with Crippen LogP contribution in [0.2, 0.25) is 0 Å². The number of aromatic nitrogens is 2. The third-order valence-corrected chi connectivity index (χ3v) is 2.04. The van der Waals surface area contributed by atoms with E-state index in [0.717, 1.165) is 17.0 Å². The number of rotatable bonds is 2. The lowest BCUT2D eigenvalue weighted by atomic mass is 10.1. The summed E-state index contributed by atoms with van der Waals surface area (Å²) in [7, 11) is 0. The summed E-state index contributed by atoms with van der Waals surface area (Å²) in [5, 5.41) is 15.3. The average molecular weight is 201 g/mol. The van der Waals surface area contributed by atoms with Crippen molar-refractivity contribution in [2.24, 2.45) is 0 Å². The van der Waals surface area contributed by atoms with Gasteiger partial charge >= 0.3 is 0 Å². The van der Waals surface area contributed by atoms with Crippen molar-refractivity contribution in [1.29, 1.82) is 5.26 Å². The molecule has 2 aromatic rings. The lowest BCUT2D eigenvalue weighted by Crippen LogP contribution is -1.79. The number of nitrogens with zero attached hydrogens (tertiary/aromatic N) is 2. The molecule has 0 radical (unpaired) electrons. The van der Waals surface area contributed by atoms with E-state index in [2.05, 4.69) is 10.2 Å². The van der Waals surface area contributed by atoms with Gasteiger partial charge in [0.15, 0.2) is 0 Å². The maximum absolute atomic E-state index is 12.7. The van der Waals surface area contributed by atoms with Gasteiger partial charge in [-0.1, -0.05) is 0 Å². The molecule has 1 aromatic heterocycles. The standard InChI is InChI=1S/C11H8FN3/c12-9-3-1-8(2-4-9)11-7-10(5-6-13)14-15-11/h1-4,7H,5H2,(H,14,15). The van der Waals surface area contributed by atoms with Crippen molar-refractivity contribution >= 4 is 0 Å². The quantitative estimate of drug-likeness (QED) is 0.810. The minimum absolute atomic E-state index is 0.272. The molecule has 15 heavy (non-hydrogen) atoms. The van der Waals surface area contributed by atoms with Gasteiger partial charge in [-0.2, -0.15) is 10.4 Å². The SMILES string of the molecule is N#CCc1cc(-c2ccc(F)cc2)n[nH]1. The number of hydrogen-bond acceptors (Lipinski definition) is 2. The number of benzene rings is 1. The van der Waals surface area contributed by atoms with Crippen LogP contribution in [-0.2, 0) is 6.42 Å². The van der Waals surface area contributed by atoms with Gasteiger partial charge < -0.3 is 0 Å². The summed E-state index contributed by atoms with van der Waals surface area (Å²) in [6.45, 7) is 0. The van der Waals surface area contributed by atoms with Crippen molar-refractivity contribution in [3.05, 3.63) is 41.8 Å². The molecule has 0 fully saturated rings. The van der Waals surface area contributed by atoms with Gasteiger partial charge in [0, 0.05) is 11.3 Å². The maximum Gasteiger partial charge on any atom is 0.123 e. The first-order valence-electron chi connectivity index (χ1n) is 4.47. The average Bonchev–Trinajstić information content (AvgIpc) is 2.68. The van der Waals surface area contributed by atoms with Crippen LogP contribution in [0.25, 0.3) is 11.3 Å². The van der Waals surface area contributed by atoms with E-state index in [0.29, 0.717) is 6.42 Å². The molecule has 0 aliphatic carbocycles. The normalized spacial score (nSPS) is 9.87. The van der Waals surface area contributed by atoms with E-state index >= 15 is 0 Å². The van der Waals surface area contributed by atoms with Gasteiger partial charge in [-0.3, -0.25) is 5.10 Å². The summed E-state index contributed by atoms with van der Waals surface area (Å²) in [5.74, 6) is -0.272. The van der Waals surface area contributed by atoms with E-state index in [-0.39, 0.29) is 5.82 Å². The summed E-state index contributed by atoms with van der Waals surface area (Å²) in [4.78, 5) is 0. The van der Waals surface area contributed by atoms with Gasteiger partial charge in [0.25, 0.3) is 0 Å². The van der Waals surface area contributed by atoms with Gasteiger partial charge in [0.1, 0.15) is 5.82 Å². The monoisotopic (exact) mass is 201 g/mol. The number of H-pyrrole nitrogens is 1. The minimum Gasteiger partial charge on any atom is -0.281 e. The highest BCUT2D eigenvalue weighted by Gasteiger charge is 2.03. The van der Waals surface area contributed by atoms with Crippen LogP contribution in [0.3, 0.4) is 0 Å². The van der Waals surface area contributed by atoms with Crippen LogP contribution >= 0.6 is 0 Å². The summed E-state index contributed by atoms with van der Waals surface area (Å²) in [6, 6.07) is 9.89. The van der Waals surface area contributed by atoms with Gasteiger partial charge in [0.2, 0.25) is 0 Å². The highest BCUT2D eigenvalue weighted by molar-refractivity contribution is 5.59. The number of nitriles is 1. The molecule has 4 heteroatoms. The fraction of sp³-hybridized carbons (Fsp3) is 0.0909. The fourth-order valence-electron chi connectivity index (χ4n) is 1.31. The van der Waals surface area contributed by atoms with Crippen LogP contribution < -0.4 is 0 Å². The van der Waals surface area contributed by atoms with Crippen molar-refractivity contribution in [2.45, 2.75) is 6.42 Å². The molecule has 1 heterocycles. The molecule has 0 bridgehead atoms. The minimum atomic E-state index is -0.272. The molecule has 0 unspecified atom stereocenters. The van der Waals surface area contributed by atoms with E-state index < -0.39 is 0 Å². The predicted molar refractivity (Wildman–Crippen MR) is 53.3 cm³/mol. The van der Waals surface area contributed by atoms with E-state index in [1.165, 1.54) is 12.1 Å². The topological polar surface area (TPSA) is 52.5 Å². The molecule has 0 saturated heterocycles. The largest absolute Gasteiger partial charge is 0.281 e. The molecule has 2 rings (SSSR count). The second-order valence-corrected chi connectivity index (χ2v) is 3.12. The van der Waals surface area contributed by atoms with Gasteiger partial charge in [-0.15, -0.1) is 0 Å². The molecule has 1 N–H and O–H groups in total. The summed E-state index contributed by atoms with van der Waals surface area (Å²) < 4.78 is 12.7. The number of hydrogen-bond donors (Lipinski definition) is 1. The first-order valence-corrected chi connectivity index (χ1v) is 4.47. The fourth-order valence-corrected chi connectivity index (χ4v) is 1.31. The van der Waals surface area contributed by atoms with Crippen molar-refractivity contribution in [2.75, 3.05) is 0 Å². The van der Waals surface area contributed by atoms with Crippen LogP contribution in [0.1, 0.15) is 5.69 Å². The van der Waals surface area contributed by atoms with Crippen LogP contribution in [0.4, 0.5) is 4.39 Å². The molecule has 1 aromatic carbocycles. The predicted octanol–water partition coefficient (Wildman–Crippen LogP) is 2.28. The molecule has 0 aliphatic rings. The summed E-state index contributed by atoms with van der Waals surface area (Å²) in [5.41, 5.74) is 2.31. The number of halogens is 1. The Balaban J connectivity index is 2.30. The van der Waals surface area contributed by atoms with Gasteiger partial charge in [-0.05, 0) is 30.3 Å². The highest BCUT2D eigenvalue weighted by Crippen LogP contribution is 2.17. The molecule has 0 spiro atoms. The molecule has 0 amide bonds. The van der Waals surface area contributed by atoms with Crippen LogP contribution in [0.15, 0.2) is 30.3 Å². The van der Waals surface area contributed by atoms with Gasteiger partial charge in [-0.25, -0.2) is 4.39 Å². The van der Waals surface area contributed by atoms with E-state index in [9.17, 15) is 4.39 Å². The summed E-state index contributed by atoms with van der Waals surface area (Å²) >= 11 is 0. The van der Waals surface area contributed by atoms with Crippen LogP contribution in [0, 0.1) is 17.1 Å². The van der Waals surface area contributed by atoms with E-state index in [4.69, 9.17) is 5.26 Å². The Morgan fingerprint density at radius 1 is 1.33 bits per heavy atom. The Labute approximate surface area is 86.2 Å². The number of nitrogens with one attached hydrogen (secondary N) is 1. The Morgan fingerprint density at radius 2 is 2.07 bits per heavy atom. The van der Waals surface area contributed by atoms with Crippen LogP contribution in [0.5, 0.6) is 0 Å². The zero-order valence-electron chi connectivity index (χ0n) is 7.87. The summed E-state index contributed by atoms with van der Waals surface area (Å²) in [6.07, 6.45) is 0.300. The molecular weight excluding hydrogens is 193 g/mol. The first kappa shape index (κ1) is 9.41. The smallest absolute Gasteiger partial charge is 0.123 e. The third kappa shape index (κ3) is 2.02. The van der Waals surface area contributed by atoms with E-state index in [1.54, 1.807) is 18.2 Å². The van der Waals surface area contributed by atoms with Crippen molar-refractivity contribution in [3.8, 4) is 17.3 Å². The Kier molecular flexibility index (Phi) is 2.46. The molecule has 0 atom stereocenters. The zero-order valence-corrected chi connectivity index (χ0v) is 7.87. The van der Waals surface area contributed by atoms with Crippen LogP contribution in [-0.4, -0.2) is 10.2 Å². The lowest BCUT2D eigenvalue weighted by Gasteiger charge is -1.94. The third-order valence-electron chi connectivity index (χ3n) is 2.04. The Morgan fingerprint density at radius 3 is 2.73 bits per heavy atom. The van der Waals surface area contributed by atoms with Crippen molar-refractivity contribution < 1.29 is 4.39 Å². The Bertz CT molecular complexity index is 493. The second kappa shape index (κ2) is 3.93. The maximum atomic E-state index is 12.7. The molecule has 74 valence electrons. The molecule has 0 aliphatic heterocycles. The van der Waals surface area contributed by atoms with Crippen molar-refractivity contribution in [1.82, 2.24) is 10.2 Å². The molecular formula is C11H8FN3. The van der Waals surface area contributed by atoms with Crippen molar-refractivity contribution in [3.63, 3.8) is 0 Å². The number of aromatic amines is 1. The second-order valence-electron chi connectivity index (χ2n) is 3.12. The first-order chi connectivity index (χ1) is 7.29. The molecule has 0 saturated carbocycles. The van der Waals surface area contributed by atoms with Gasteiger partial charge in [0.05, 0.1) is 18.2 Å². The highest BCUT2D eigenvalue weighted by atomic mass is 19.1. The lowest BCUT2D eigenvalue weighted by molar-refractivity contribution is 0.628. The zero-order chi connectivity index (χ0) is 10.7. The molecule has 3 nitrogen and oxygen atoms in total. The Hall–Kier alpha value is -2.15. The van der Waals surface area contributed by atoms with E-state index in [1.807, 2.05) is 6.07 Å².